The Morgan fingerprint density at radius 3 is 2.04 bits per heavy atom. The number of allylic oxidation sites excluding steroid dienone is 2. The van der Waals surface area contributed by atoms with Crippen molar-refractivity contribution in [3.63, 3.8) is 0 Å². The van der Waals surface area contributed by atoms with Crippen LogP contribution in [-0.4, -0.2) is 10.6 Å². The third kappa shape index (κ3) is 4.38. The minimum atomic E-state index is -0.395. The Bertz CT molecular complexity index is 2730. The second-order valence-corrected chi connectivity index (χ2v) is 13.3. The van der Waals surface area contributed by atoms with Crippen molar-refractivity contribution in [3.05, 3.63) is 174 Å². The van der Waals surface area contributed by atoms with Crippen LogP contribution in [0.4, 0.5) is 11.4 Å². The SMILES string of the molecule is CC12C=CC=CC1N(c1cccc(-c3cc(-c4ccccc4-n4c5ccccc5c5ccccc54)ccc3C#N)c1C#N)c1ccc(C#N)cc12. The smallest absolute Gasteiger partial charge is 0.102 e. The van der Waals surface area contributed by atoms with Gasteiger partial charge in [-0.2, -0.15) is 15.8 Å². The molecule has 0 bridgehead atoms. The summed E-state index contributed by atoms with van der Waals surface area (Å²) in [5, 5.41) is 33.4. The molecule has 238 valence electrons. The van der Waals surface area contributed by atoms with Crippen molar-refractivity contribution in [3.8, 4) is 46.1 Å². The van der Waals surface area contributed by atoms with E-state index in [9.17, 15) is 15.8 Å². The fraction of sp³-hybridized carbons (Fsp3) is 0.0652. The summed E-state index contributed by atoms with van der Waals surface area (Å²) in [4.78, 5) is 2.21. The van der Waals surface area contributed by atoms with Crippen LogP contribution in [0.2, 0.25) is 0 Å². The van der Waals surface area contributed by atoms with Gasteiger partial charge in [-0.3, -0.25) is 0 Å². The first-order valence-corrected chi connectivity index (χ1v) is 16.9. The summed E-state index contributed by atoms with van der Waals surface area (Å²) >= 11 is 0. The van der Waals surface area contributed by atoms with Crippen LogP contribution >= 0.6 is 0 Å². The molecule has 9 rings (SSSR count). The Labute approximate surface area is 296 Å². The first kappa shape index (κ1) is 30.0. The van der Waals surface area contributed by atoms with Gasteiger partial charge in [0.25, 0.3) is 0 Å². The van der Waals surface area contributed by atoms with E-state index in [-0.39, 0.29) is 6.04 Å². The minimum absolute atomic E-state index is 0.103. The van der Waals surface area contributed by atoms with E-state index in [1.165, 1.54) is 10.8 Å². The molecule has 2 atom stereocenters. The molecular formula is C46H29N5. The van der Waals surface area contributed by atoms with E-state index in [0.717, 1.165) is 44.8 Å². The number of benzene rings is 6. The van der Waals surface area contributed by atoms with E-state index in [4.69, 9.17) is 0 Å². The van der Waals surface area contributed by atoms with Crippen LogP contribution in [0.5, 0.6) is 0 Å². The Balaban J connectivity index is 1.24. The average molecular weight is 652 g/mol. The zero-order chi connectivity index (χ0) is 34.7. The molecule has 0 N–H and O–H groups in total. The highest BCUT2D eigenvalue weighted by Crippen LogP contribution is 2.53. The summed E-state index contributed by atoms with van der Waals surface area (Å²) in [5.41, 5.74) is 10.6. The molecule has 1 aliphatic carbocycles. The second kappa shape index (κ2) is 11.5. The van der Waals surface area contributed by atoms with Gasteiger partial charge in [0.05, 0.1) is 57.3 Å². The minimum Gasteiger partial charge on any atom is -0.332 e. The molecule has 5 nitrogen and oxygen atoms in total. The lowest BCUT2D eigenvalue weighted by Gasteiger charge is -2.35. The van der Waals surface area contributed by atoms with E-state index in [1.54, 1.807) is 0 Å². The van der Waals surface area contributed by atoms with Gasteiger partial charge in [-0.25, -0.2) is 0 Å². The molecule has 0 spiro atoms. The lowest BCUT2D eigenvalue weighted by atomic mass is 9.76. The predicted molar refractivity (Wildman–Crippen MR) is 204 cm³/mol. The highest BCUT2D eigenvalue weighted by molar-refractivity contribution is 6.09. The van der Waals surface area contributed by atoms with Gasteiger partial charge in [-0.1, -0.05) is 97.1 Å². The van der Waals surface area contributed by atoms with Crippen LogP contribution in [0.15, 0.2) is 152 Å². The molecule has 0 amide bonds. The topological polar surface area (TPSA) is 79.5 Å². The Hall–Kier alpha value is -7.13. The van der Waals surface area contributed by atoms with E-state index in [0.29, 0.717) is 27.8 Å². The Kier molecular flexibility index (Phi) is 6.75. The van der Waals surface area contributed by atoms with Gasteiger partial charge in [0.2, 0.25) is 0 Å². The van der Waals surface area contributed by atoms with E-state index < -0.39 is 5.41 Å². The van der Waals surface area contributed by atoms with Crippen molar-refractivity contribution in [1.29, 1.82) is 15.8 Å². The van der Waals surface area contributed by atoms with Crippen LogP contribution in [0.3, 0.4) is 0 Å². The molecule has 7 aromatic rings. The number of nitrogens with zero attached hydrogens (tertiary/aromatic N) is 5. The maximum Gasteiger partial charge on any atom is 0.102 e. The molecule has 0 radical (unpaired) electrons. The highest BCUT2D eigenvalue weighted by Gasteiger charge is 2.47. The number of rotatable bonds is 4. The summed E-state index contributed by atoms with van der Waals surface area (Å²) < 4.78 is 2.31. The molecule has 51 heavy (non-hydrogen) atoms. The zero-order valence-electron chi connectivity index (χ0n) is 27.7. The number of hydrogen-bond acceptors (Lipinski definition) is 4. The number of nitriles is 3. The van der Waals surface area contributed by atoms with Gasteiger partial charge in [0.15, 0.2) is 0 Å². The van der Waals surface area contributed by atoms with Gasteiger partial charge < -0.3 is 9.47 Å². The van der Waals surface area contributed by atoms with E-state index >= 15 is 0 Å². The lowest BCUT2D eigenvalue weighted by Crippen LogP contribution is -2.39. The fourth-order valence-corrected chi connectivity index (χ4v) is 8.21. The number of aromatic nitrogens is 1. The molecule has 2 aliphatic rings. The van der Waals surface area contributed by atoms with Crippen LogP contribution < -0.4 is 4.90 Å². The summed E-state index contributed by atoms with van der Waals surface area (Å²) in [6.45, 7) is 2.18. The number of anilines is 2. The fourth-order valence-electron chi connectivity index (χ4n) is 8.21. The zero-order valence-corrected chi connectivity index (χ0v) is 27.7. The molecule has 1 aliphatic heterocycles. The second-order valence-electron chi connectivity index (χ2n) is 13.3. The van der Waals surface area contributed by atoms with Gasteiger partial charge in [0.1, 0.15) is 6.07 Å². The molecule has 6 aromatic carbocycles. The maximum absolute atomic E-state index is 10.9. The van der Waals surface area contributed by atoms with Crippen molar-refractivity contribution >= 4 is 33.2 Å². The largest absolute Gasteiger partial charge is 0.332 e. The summed E-state index contributed by atoms with van der Waals surface area (Å²) in [6.07, 6.45) is 8.43. The molecular weight excluding hydrogens is 623 g/mol. The van der Waals surface area contributed by atoms with Crippen molar-refractivity contribution in [2.75, 3.05) is 4.90 Å². The average Bonchev–Trinajstić information content (AvgIpc) is 3.66. The van der Waals surface area contributed by atoms with Crippen LogP contribution in [0.25, 0.3) is 49.7 Å². The highest BCUT2D eigenvalue weighted by atomic mass is 15.2. The van der Waals surface area contributed by atoms with Gasteiger partial charge >= 0.3 is 0 Å². The first-order valence-electron chi connectivity index (χ1n) is 16.9. The van der Waals surface area contributed by atoms with Crippen molar-refractivity contribution in [2.24, 2.45) is 0 Å². The summed E-state index contributed by atoms with van der Waals surface area (Å²) in [5.74, 6) is 0. The Morgan fingerprint density at radius 1 is 0.588 bits per heavy atom. The predicted octanol–water partition coefficient (Wildman–Crippen LogP) is 10.6. The van der Waals surface area contributed by atoms with Crippen molar-refractivity contribution < 1.29 is 0 Å². The van der Waals surface area contributed by atoms with Crippen molar-refractivity contribution in [2.45, 2.75) is 18.4 Å². The number of hydrogen-bond donors (Lipinski definition) is 0. The van der Waals surface area contributed by atoms with E-state index in [1.807, 2.05) is 66.7 Å². The molecule has 5 heteroatoms. The molecule has 2 unspecified atom stereocenters. The van der Waals surface area contributed by atoms with Crippen molar-refractivity contribution in [1.82, 2.24) is 4.57 Å². The lowest BCUT2D eigenvalue weighted by molar-refractivity contribution is 0.550. The quantitative estimate of drug-likeness (QED) is 0.190. The monoisotopic (exact) mass is 651 g/mol. The maximum atomic E-state index is 10.9. The molecule has 0 fully saturated rings. The molecule has 0 saturated heterocycles. The van der Waals surface area contributed by atoms with Gasteiger partial charge in [-0.05, 0) is 72.6 Å². The number of para-hydroxylation sites is 3. The van der Waals surface area contributed by atoms with Crippen LogP contribution in [0.1, 0.15) is 29.2 Å². The molecule has 1 aromatic heterocycles. The normalized spacial score (nSPS) is 17.1. The van der Waals surface area contributed by atoms with Crippen LogP contribution in [0, 0.1) is 34.0 Å². The van der Waals surface area contributed by atoms with E-state index in [2.05, 4.69) is 120 Å². The summed E-state index contributed by atoms with van der Waals surface area (Å²) in [7, 11) is 0. The van der Waals surface area contributed by atoms with Gasteiger partial charge in [0, 0.05) is 38.6 Å². The summed E-state index contributed by atoms with van der Waals surface area (Å²) in [6, 6.07) is 50.0. The third-order valence-electron chi connectivity index (χ3n) is 10.6. The standard InChI is InChI=1S/C46H29N5/c1-46-24-9-8-19-45(46)51(44-23-20-30(27-47)25-39(44)46)43-18-10-14-34(38(43)29-49)37-26-31(21-22-32(37)28-48)33-11-2-5-15-40(33)50-41-16-6-3-12-35(41)36-13-4-7-17-42(36)50/h2-26,45H,1H3. The number of fused-ring (bicyclic) bond motifs is 6. The molecule has 0 saturated carbocycles. The van der Waals surface area contributed by atoms with Crippen LogP contribution in [-0.2, 0) is 5.41 Å². The Morgan fingerprint density at radius 2 is 1.29 bits per heavy atom. The first-order chi connectivity index (χ1) is 25.1. The third-order valence-corrected chi connectivity index (χ3v) is 10.6. The van der Waals surface area contributed by atoms with Gasteiger partial charge in [-0.15, -0.1) is 0 Å². The molecule has 2 heterocycles.